The zero-order chi connectivity index (χ0) is 29.8. The highest BCUT2D eigenvalue weighted by molar-refractivity contribution is 7.07. The summed E-state index contributed by atoms with van der Waals surface area (Å²) in [5.74, 6) is 0.371. The average Bonchev–Trinajstić information content (AvgIpc) is 3.27. The van der Waals surface area contributed by atoms with Crippen molar-refractivity contribution in [2.45, 2.75) is 33.4 Å². The molecule has 4 aromatic rings. The molecule has 0 bridgehead atoms. The first-order chi connectivity index (χ1) is 20.3. The smallest absolute Gasteiger partial charge is 0.338 e. The van der Waals surface area contributed by atoms with Gasteiger partial charge in [0.2, 0.25) is 0 Å². The number of esters is 1. The average molecular weight is 624 g/mol. The maximum absolute atomic E-state index is 13.9. The molecular weight excluding hydrogens is 595 g/mol. The number of allylic oxidation sites excluding steroid dienone is 1. The largest absolute Gasteiger partial charge is 0.490 e. The fraction of sp³-hybridized carbons (Fsp3) is 0.219. The van der Waals surface area contributed by atoms with Crippen LogP contribution in [0.4, 0.5) is 0 Å². The second-order valence-corrected chi connectivity index (χ2v) is 11.2. The van der Waals surface area contributed by atoms with E-state index in [4.69, 9.17) is 37.4 Å². The van der Waals surface area contributed by atoms with E-state index >= 15 is 0 Å². The predicted octanol–water partition coefficient (Wildman–Crippen LogP) is 6.08. The Morgan fingerprint density at radius 2 is 1.76 bits per heavy atom. The molecule has 1 atom stereocenters. The number of carbonyl (C=O) groups excluding carboxylic acids is 1. The molecular formula is C32H28Cl2N2O5S. The van der Waals surface area contributed by atoms with E-state index in [2.05, 4.69) is 4.99 Å². The third-order valence-corrected chi connectivity index (χ3v) is 8.07. The van der Waals surface area contributed by atoms with Crippen molar-refractivity contribution >= 4 is 46.6 Å². The highest BCUT2D eigenvalue weighted by atomic mass is 35.5. The van der Waals surface area contributed by atoms with Crippen LogP contribution in [0.1, 0.15) is 43.5 Å². The lowest BCUT2D eigenvalue weighted by Crippen LogP contribution is -2.39. The van der Waals surface area contributed by atoms with Gasteiger partial charge in [0, 0.05) is 5.02 Å². The molecule has 2 heterocycles. The molecule has 0 amide bonds. The normalized spacial score (nSPS) is 14.8. The van der Waals surface area contributed by atoms with Crippen LogP contribution in [0, 0.1) is 0 Å². The minimum absolute atomic E-state index is 0.212. The van der Waals surface area contributed by atoms with Crippen LogP contribution in [-0.2, 0) is 16.1 Å². The van der Waals surface area contributed by atoms with Gasteiger partial charge in [-0.25, -0.2) is 9.79 Å². The molecule has 0 aliphatic carbocycles. The van der Waals surface area contributed by atoms with E-state index in [0.717, 1.165) is 11.1 Å². The lowest BCUT2D eigenvalue weighted by molar-refractivity contribution is -0.139. The number of ether oxygens (including phenoxy) is 3. The number of fused-ring (bicyclic) bond motifs is 1. The van der Waals surface area contributed by atoms with Crippen LogP contribution < -0.4 is 24.4 Å². The second kappa shape index (κ2) is 13.0. The molecule has 3 aromatic carbocycles. The van der Waals surface area contributed by atoms with Crippen molar-refractivity contribution in [2.24, 2.45) is 4.99 Å². The summed E-state index contributed by atoms with van der Waals surface area (Å²) in [6.45, 7) is 6.26. The van der Waals surface area contributed by atoms with Gasteiger partial charge >= 0.3 is 5.97 Å². The van der Waals surface area contributed by atoms with Crippen molar-refractivity contribution in [1.82, 2.24) is 4.57 Å². The Labute approximate surface area is 256 Å². The molecule has 10 heteroatoms. The molecule has 216 valence electrons. The topological polar surface area (TPSA) is 79.1 Å². The van der Waals surface area contributed by atoms with Gasteiger partial charge in [0.15, 0.2) is 16.3 Å². The fourth-order valence-corrected chi connectivity index (χ4v) is 6.15. The zero-order valence-electron chi connectivity index (χ0n) is 23.2. The molecule has 0 radical (unpaired) electrons. The number of hydrogen-bond acceptors (Lipinski definition) is 7. The van der Waals surface area contributed by atoms with Crippen LogP contribution >= 0.6 is 34.5 Å². The maximum Gasteiger partial charge on any atom is 0.338 e. The summed E-state index contributed by atoms with van der Waals surface area (Å²) in [4.78, 5) is 32.0. The van der Waals surface area contributed by atoms with Crippen LogP contribution in [0.15, 0.2) is 87.8 Å². The van der Waals surface area contributed by atoms with Crippen molar-refractivity contribution in [3.63, 3.8) is 0 Å². The van der Waals surface area contributed by atoms with Gasteiger partial charge in [-0.2, -0.15) is 0 Å². The summed E-state index contributed by atoms with van der Waals surface area (Å²) >= 11 is 13.9. The molecule has 0 spiro atoms. The molecule has 1 aliphatic heterocycles. The van der Waals surface area contributed by atoms with E-state index in [1.807, 2.05) is 49.4 Å². The van der Waals surface area contributed by atoms with Gasteiger partial charge in [0.25, 0.3) is 5.56 Å². The Balaban J connectivity index is 1.57. The fourth-order valence-electron chi connectivity index (χ4n) is 4.70. The number of thiazole rings is 1. The Morgan fingerprint density at radius 3 is 2.45 bits per heavy atom. The quantitative estimate of drug-likeness (QED) is 0.211. The number of halogens is 2. The van der Waals surface area contributed by atoms with E-state index in [0.29, 0.717) is 54.3 Å². The molecule has 0 saturated heterocycles. The number of aromatic nitrogens is 1. The number of carbonyl (C=O) groups is 1. The Hall–Kier alpha value is -3.85. The number of rotatable bonds is 9. The van der Waals surface area contributed by atoms with Gasteiger partial charge in [0.05, 0.1) is 40.1 Å². The molecule has 5 rings (SSSR count). The van der Waals surface area contributed by atoms with Gasteiger partial charge in [-0.3, -0.25) is 9.36 Å². The minimum Gasteiger partial charge on any atom is -0.490 e. The van der Waals surface area contributed by atoms with Crippen molar-refractivity contribution in [3.05, 3.63) is 124 Å². The minimum atomic E-state index is -0.671. The predicted molar refractivity (Wildman–Crippen MR) is 165 cm³/mol. The third kappa shape index (κ3) is 6.16. The Bertz CT molecular complexity index is 1830. The van der Waals surface area contributed by atoms with Crippen LogP contribution in [0.3, 0.4) is 0 Å². The van der Waals surface area contributed by atoms with Crippen molar-refractivity contribution in [2.75, 3.05) is 13.2 Å². The second-order valence-electron chi connectivity index (χ2n) is 9.39. The van der Waals surface area contributed by atoms with Gasteiger partial charge in [0.1, 0.15) is 6.61 Å². The third-order valence-electron chi connectivity index (χ3n) is 6.56. The molecule has 0 fully saturated rings. The first-order valence-corrected chi connectivity index (χ1v) is 15.0. The van der Waals surface area contributed by atoms with Gasteiger partial charge < -0.3 is 14.2 Å². The molecule has 0 saturated carbocycles. The molecule has 0 unspecified atom stereocenters. The van der Waals surface area contributed by atoms with Crippen molar-refractivity contribution in [1.29, 1.82) is 0 Å². The van der Waals surface area contributed by atoms with Crippen LogP contribution in [0.5, 0.6) is 11.5 Å². The molecule has 7 nitrogen and oxygen atoms in total. The standard InChI is InChI=1S/C32H28Cl2N2O5S/c1-4-39-25-16-21(15-24(34)29(25)41-18-20-11-13-23(33)14-12-20)17-26-30(37)36-28(22-9-7-6-8-10-22)27(31(38)40-5-2)19(3)35-32(36)42-26/h6-17,28H,4-5,18H2,1-3H3/b26-17-/t28-/m0/s1. The SMILES string of the molecule is CCOC(=O)C1=C(C)N=c2s/c(=C\c3cc(Cl)c(OCc4ccc(Cl)cc4)c(OCC)c3)c(=O)n2[C@H]1c1ccccc1. The van der Waals surface area contributed by atoms with Gasteiger partial charge in [-0.1, -0.05) is 77.0 Å². The monoisotopic (exact) mass is 622 g/mol. The van der Waals surface area contributed by atoms with Crippen molar-refractivity contribution < 1.29 is 19.0 Å². The van der Waals surface area contributed by atoms with Gasteiger partial charge in [-0.15, -0.1) is 0 Å². The summed E-state index contributed by atoms with van der Waals surface area (Å²) in [6, 6.07) is 19.6. The highest BCUT2D eigenvalue weighted by Crippen LogP contribution is 2.37. The first kappa shape index (κ1) is 29.6. The molecule has 1 aromatic heterocycles. The van der Waals surface area contributed by atoms with E-state index in [1.54, 1.807) is 48.8 Å². The number of hydrogen-bond donors (Lipinski definition) is 0. The van der Waals surface area contributed by atoms with E-state index in [1.165, 1.54) is 11.3 Å². The van der Waals surface area contributed by atoms with Crippen LogP contribution in [0.25, 0.3) is 6.08 Å². The van der Waals surface area contributed by atoms with E-state index < -0.39 is 12.0 Å². The summed E-state index contributed by atoms with van der Waals surface area (Å²) < 4.78 is 19.2. The number of nitrogens with zero attached hydrogens (tertiary/aromatic N) is 2. The zero-order valence-corrected chi connectivity index (χ0v) is 25.6. The lowest BCUT2D eigenvalue weighted by Gasteiger charge is -2.24. The highest BCUT2D eigenvalue weighted by Gasteiger charge is 2.33. The summed E-state index contributed by atoms with van der Waals surface area (Å²) in [5, 5.41) is 0.986. The van der Waals surface area contributed by atoms with Crippen LogP contribution in [0.2, 0.25) is 10.0 Å². The lowest BCUT2D eigenvalue weighted by atomic mass is 9.96. The summed E-state index contributed by atoms with van der Waals surface area (Å²) in [5.41, 5.74) is 2.94. The summed E-state index contributed by atoms with van der Waals surface area (Å²) in [7, 11) is 0. The van der Waals surface area contributed by atoms with E-state index in [9.17, 15) is 9.59 Å². The first-order valence-electron chi connectivity index (χ1n) is 13.4. The van der Waals surface area contributed by atoms with Gasteiger partial charge in [-0.05, 0) is 67.8 Å². The summed E-state index contributed by atoms with van der Waals surface area (Å²) in [6.07, 6.45) is 1.74. The maximum atomic E-state index is 13.9. The molecule has 1 aliphatic rings. The van der Waals surface area contributed by atoms with Crippen LogP contribution in [-0.4, -0.2) is 23.8 Å². The Morgan fingerprint density at radius 1 is 1.02 bits per heavy atom. The number of benzene rings is 3. The molecule has 42 heavy (non-hydrogen) atoms. The molecule has 0 N–H and O–H groups in total. The Kier molecular flexibility index (Phi) is 9.16. The van der Waals surface area contributed by atoms with E-state index in [-0.39, 0.29) is 18.8 Å². The van der Waals surface area contributed by atoms with Crippen molar-refractivity contribution in [3.8, 4) is 11.5 Å².